The normalized spacial score (nSPS) is 11.9. The third-order valence-electron chi connectivity index (χ3n) is 4.43. The van der Waals surface area contributed by atoms with Crippen LogP contribution in [0, 0.1) is 0 Å². The van der Waals surface area contributed by atoms with Crippen LogP contribution in [-0.4, -0.2) is 23.2 Å². The Bertz CT molecular complexity index is 1200. The van der Waals surface area contributed by atoms with Crippen molar-refractivity contribution in [2.45, 2.75) is 31.2 Å². The van der Waals surface area contributed by atoms with Gasteiger partial charge < -0.3 is 0 Å². The number of aromatic nitrogens is 3. The number of nitrogens with one attached hydrogen (secondary N) is 1. The molecule has 0 unspecified atom stereocenters. The average Bonchev–Trinajstić information content (AvgIpc) is 3.01. The minimum atomic E-state index is -3.72. The van der Waals surface area contributed by atoms with Gasteiger partial charge in [-0.25, -0.2) is 18.1 Å². The maximum Gasteiger partial charge on any atom is 0.263 e. The molecule has 1 N–H and O–H groups in total. The number of pyridine rings is 1. The molecule has 0 fully saturated rings. The highest BCUT2D eigenvalue weighted by Crippen LogP contribution is 2.28. The lowest BCUT2D eigenvalue weighted by Gasteiger charge is -2.05. The van der Waals surface area contributed by atoms with E-state index in [4.69, 9.17) is 4.98 Å². The first-order valence-corrected chi connectivity index (χ1v) is 10.4. The number of para-hydroxylation sites is 1. The van der Waals surface area contributed by atoms with Crippen LogP contribution in [0.3, 0.4) is 0 Å². The molecule has 4 rings (SSSR count). The van der Waals surface area contributed by atoms with Gasteiger partial charge in [0.1, 0.15) is 0 Å². The Morgan fingerprint density at radius 3 is 2.56 bits per heavy atom. The van der Waals surface area contributed by atoms with Crippen molar-refractivity contribution in [1.29, 1.82) is 0 Å². The van der Waals surface area contributed by atoms with Gasteiger partial charge in [0.05, 0.1) is 15.8 Å². The molecule has 2 aromatic carbocycles. The Hall–Kier alpha value is -2.93. The second kappa shape index (κ2) is 7.00. The molecule has 2 aromatic heterocycles. The van der Waals surface area contributed by atoms with Crippen LogP contribution in [0.2, 0.25) is 0 Å². The minimum absolute atomic E-state index is 0.204. The topological polar surface area (TPSA) is 76.9 Å². The second-order valence-electron chi connectivity index (χ2n) is 6.40. The predicted molar refractivity (Wildman–Crippen MR) is 107 cm³/mol. The van der Waals surface area contributed by atoms with Gasteiger partial charge in [0.25, 0.3) is 10.0 Å². The summed E-state index contributed by atoms with van der Waals surface area (Å²) in [6.45, 7) is 2.79. The molecule has 0 atom stereocenters. The number of nitrogens with zero attached hydrogens (tertiary/aromatic N) is 3. The van der Waals surface area contributed by atoms with Gasteiger partial charge in [0.15, 0.2) is 11.5 Å². The van der Waals surface area contributed by atoms with E-state index in [-0.39, 0.29) is 4.90 Å². The molecule has 0 radical (unpaired) electrons. The standard InChI is InChI=1S/C20H20N4O2S/c1-2-3-13-24-20-17(14-15-9-7-8-12-18(15)21-20)19(22-24)23-27(25,26)16-10-5-4-6-11-16/h4-12,14H,2-3,13H2,1H3,(H,22,23). The van der Waals surface area contributed by atoms with Crippen molar-refractivity contribution in [3.8, 4) is 0 Å². The van der Waals surface area contributed by atoms with Crippen molar-refractivity contribution in [2.75, 3.05) is 4.72 Å². The summed E-state index contributed by atoms with van der Waals surface area (Å²) < 4.78 is 29.9. The van der Waals surface area contributed by atoms with Crippen LogP contribution >= 0.6 is 0 Å². The molecular weight excluding hydrogens is 360 g/mol. The second-order valence-corrected chi connectivity index (χ2v) is 8.08. The van der Waals surface area contributed by atoms with E-state index < -0.39 is 10.0 Å². The summed E-state index contributed by atoms with van der Waals surface area (Å²) in [4.78, 5) is 4.92. The van der Waals surface area contributed by atoms with Gasteiger partial charge in [-0.15, -0.1) is 0 Å². The van der Waals surface area contributed by atoms with Crippen LogP contribution in [0.25, 0.3) is 21.9 Å². The molecule has 4 aromatic rings. The van der Waals surface area contributed by atoms with Crippen molar-refractivity contribution in [1.82, 2.24) is 14.8 Å². The van der Waals surface area contributed by atoms with Gasteiger partial charge >= 0.3 is 0 Å². The van der Waals surface area contributed by atoms with Gasteiger partial charge in [0.2, 0.25) is 0 Å². The largest absolute Gasteiger partial charge is 0.263 e. The van der Waals surface area contributed by atoms with Crippen molar-refractivity contribution >= 4 is 37.8 Å². The molecule has 0 saturated heterocycles. The number of anilines is 1. The van der Waals surface area contributed by atoms with Crippen molar-refractivity contribution in [2.24, 2.45) is 0 Å². The lowest BCUT2D eigenvalue weighted by Crippen LogP contribution is -2.13. The zero-order chi connectivity index (χ0) is 18.9. The summed E-state index contributed by atoms with van der Waals surface area (Å²) in [5.41, 5.74) is 1.55. The first-order chi connectivity index (χ1) is 13.1. The smallest absolute Gasteiger partial charge is 0.261 e. The van der Waals surface area contributed by atoms with Crippen LogP contribution in [0.1, 0.15) is 19.8 Å². The van der Waals surface area contributed by atoms with E-state index in [9.17, 15) is 8.42 Å². The highest BCUT2D eigenvalue weighted by Gasteiger charge is 2.20. The highest BCUT2D eigenvalue weighted by atomic mass is 32.2. The van der Waals surface area contributed by atoms with Gasteiger partial charge in [-0.1, -0.05) is 49.7 Å². The Kier molecular flexibility index (Phi) is 4.53. The fourth-order valence-corrected chi connectivity index (χ4v) is 4.06. The molecule has 0 aliphatic carbocycles. The number of rotatable bonds is 6. The van der Waals surface area contributed by atoms with E-state index in [1.165, 1.54) is 0 Å². The molecule has 0 aliphatic heterocycles. The van der Waals surface area contributed by atoms with Crippen LogP contribution in [0.5, 0.6) is 0 Å². The number of fused-ring (bicyclic) bond motifs is 2. The fourth-order valence-electron chi connectivity index (χ4n) is 3.02. The zero-order valence-corrected chi connectivity index (χ0v) is 15.8. The Balaban J connectivity index is 1.85. The maximum atomic E-state index is 12.8. The number of unbranched alkanes of at least 4 members (excludes halogenated alkanes) is 1. The first kappa shape index (κ1) is 17.5. The minimum Gasteiger partial charge on any atom is -0.261 e. The Labute approximate surface area is 157 Å². The molecule has 0 saturated carbocycles. The molecule has 2 heterocycles. The number of hydrogen-bond acceptors (Lipinski definition) is 4. The first-order valence-electron chi connectivity index (χ1n) is 8.92. The third-order valence-corrected chi connectivity index (χ3v) is 5.79. The lowest BCUT2D eigenvalue weighted by atomic mass is 10.2. The van der Waals surface area contributed by atoms with Crippen LogP contribution in [0.4, 0.5) is 5.82 Å². The maximum absolute atomic E-state index is 12.8. The molecular formula is C20H20N4O2S. The van der Waals surface area contributed by atoms with Crippen molar-refractivity contribution < 1.29 is 8.42 Å². The molecule has 138 valence electrons. The van der Waals surface area contributed by atoms with E-state index in [1.807, 2.05) is 30.3 Å². The lowest BCUT2D eigenvalue weighted by molar-refractivity contribution is 0.584. The van der Waals surface area contributed by atoms with E-state index in [1.54, 1.807) is 35.0 Å². The molecule has 0 bridgehead atoms. The van der Waals surface area contributed by atoms with E-state index in [0.717, 1.165) is 23.7 Å². The summed E-state index contributed by atoms with van der Waals surface area (Å²) in [5, 5.41) is 6.17. The molecule has 0 aliphatic rings. The molecule has 0 spiro atoms. The number of sulfonamides is 1. The van der Waals surface area contributed by atoms with E-state index >= 15 is 0 Å². The van der Waals surface area contributed by atoms with Gasteiger partial charge in [-0.05, 0) is 30.7 Å². The fraction of sp³-hybridized carbons (Fsp3) is 0.200. The van der Waals surface area contributed by atoms with Gasteiger partial charge in [0, 0.05) is 11.9 Å². The molecule has 6 nitrogen and oxygen atoms in total. The van der Waals surface area contributed by atoms with E-state index in [2.05, 4.69) is 16.7 Å². The summed E-state index contributed by atoms with van der Waals surface area (Å²) >= 11 is 0. The summed E-state index contributed by atoms with van der Waals surface area (Å²) in [5.74, 6) is 0.309. The molecule has 7 heteroatoms. The third kappa shape index (κ3) is 3.38. The Morgan fingerprint density at radius 2 is 1.78 bits per heavy atom. The predicted octanol–water partition coefficient (Wildman–Crippen LogP) is 4.19. The summed E-state index contributed by atoms with van der Waals surface area (Å²) in [6.07, 6.45) is 1.95. The highest BCUT2D eigenvalue weighted by molar-refractivity contribution is 7.92. The van der Waals surface area contributed by atoms with Crippen LogP contribution in [-0.2, 0) is 16.6 Å². The molecule has 0 amide bonds. The van der Waals surface area contributed by atoms with E-state index in [0.29, 0.717) is 23.4 Å². The quantitative estimate of drug-likeness (QED) is 0.544. The average molecular weight is 380 g/mol. The summed E-state index contributed by atoms with van der Waals surface area (Å²) in [6, 6.07) is 18.0. The molecule has 27 heavy (non-hydrogen) atoms. The van der Waals surface area contributed by atoms with Gasteiger partial charge in [-0.2, -0.15) is 5.10 Å². The summed E-state index contributed by atoms with van der Waals surface area (Å²) in [7, 11) is -3.72. The van der Waals surface area contributed by atoms with Crippen molar-refractivity contribution in [3.63, 3.8) is 0 Å². The number of benzene rings is 2. The van der Waals surface area contributed by atoms with Crippen molar-refractivity contribution in [3.05, 3.63) is 60.7 Å². The Morgan fingerprint density at radius 1 is 1.04 bits per heavy atom. The van der Waals surface area contributed by atoms with Crippen LogP contribution in [0.15, 0.2) is 65.6 Å². The monoisotopic (exact) mass is 380 g/mol. The number of hydrogen-bond donors (Lipinski definition) is 1. The zero-order valence-electron chi connectivity index (χ0n) is 15.0. The SMILES string of the molecule is CCCCn1nc(NS(=O)(=O)c2ccccc2)c2cc3ccccc3nc21. The van der Waals surface area contributed by atoms with Gasteiger partial charge in [-0.3, -0.25) is 4.72 Å². The van der Waals surface area contributed by atoms with Crippen LogP contribution < -0.4 is 4.72 Å². The number of aryl methyl sites for hydroxylation is 1.